The van der Waals surface area contributed by atoms with E-state index in [2.05, 4.69) is 9.97 Å². The molecule has 1 amide bonds. The number of amides is 1. The van der Waals surface area contributed by atoms with Gasteiger partial charge in [-0.05, 0) is 45.7 Å². The minimum atomic E-state index is -0.113. The molecule has 1 aromatic heterocycles. The highest BCUT2D eigenvalue weighted by molar-refractivity contribution is 5.95. The summed E-state index contributed by atoms with van der Waals surface area (Å²) in [5, 5.41) is 0. The Hall–Kier alpha value is -3.03. The van der Waals surface area contributed by atoms with Gasteiger partial charge in [0.25, 0.3) is 5.91 Å². The second-order valence-electron chi connectivity index (χ2n) is 6.78. The fourth-order valence-electron chi connectivity index (χ4n) is 3.43. The molecule has 1 fully saturated rings. The first kappa shape index (κ1) is 21.7. The van der Waals surface area contributed by atoms with Crippen molar-refractivity contribution in [2.24, 2.45) is 0 Å². The summed E-state index contributed by atoms with van der Waals surface area (Å²) in [6, 6.07) is 5.18. The third kappa shape index (κ3) is 5.31. The summed E-state index contributed by atoms with van der Waals surface area (Å²) >= 11 is 0. The van der Waals surface area contributed by atoms with Gasteiger partial charge in [0.1, 0.15) is 12.4 Å². The maximum Gasteiger partial charge on any atom is 0.254 e. The third-order valence-electron chi connectivity index (χ3n) is 4.66. The molecule has 1 aliphatic rings. The number of likely N-dealkylation sites (tertiary alicyclic amines) is 1. The summed E-state index contributed by atoms with van der Waals surface area (Å²) in [6.07, 6.45) is 4.70. The SMILES string of the molecule is CCOc1cc(C(=O)N2CCCC(Oc3ccncn3)C2)cc(OCC)c1OCC. The highest BCUT2D eigenvalue weighted by Gasteiger charge is 2.28. The van der Waals surface area contributed by atoms with E-state index < -0.39 is 0 Å². The van der Waals surface area contributed by atoms with Crippen LogP contribution in [-0.4, -0.2) is 59.8 Å². The number of hydrogen-bond donors (Lipinski definition) is 0. The molecule has 0 N–H and O–H groups in total. The summed E-state index contributed by atoms with van der Waals surface area (Å²) < 4.78 is 23.1. The minimum Gasteiger partial charge on any atom is -0.490 e. The lowest BCUT2D eigenvalue weighted by Crippen LogP contribution is -2.44. The van der Waals surface area contributed by atoms with E-state index in [0.29, 0.717) is 61.6 Å². The van der Waals surface area contributed by atoms with E-state index in [9.17, 15) is 4.79 Å². The number of aromatic nitrogens is 2. The van der Waals surface area contributed by atoms with Crippen molar-refractivity contribution in [1.29, 1.82) is 0 Å². The van der Waals surface area contributed by atoms with Gasteiger partial charge in [0.15, 0.2) is 11.5 Å². The first-order valence-corrected chi connectivity index (χ1v) is 10.4. The van der Waals surface area contributed by atoms with E-state index in [1.165, 1.54) is 6.33 Å². The summed E-state index contributed by atoms with van der Waals surface area (Å²) in [7, 11) is 0. The number of nitrogens with zero attached hydrogens (tertiary/aromatic N) is 3. The zero-order valence-electron chi connectivity index (χ0n) is 17.8. The van der Waals surface area contributed by atoms with E-state index in [-0.39, 0.29) is 12.0 Å². The van der Waals surface area contributed by atoms with E-state index in [4.69, 9.17) is 18.9 Å². The van der Waals surface area contributed by atoms with Crippen LogP contribution in [0.3, 0.4) is 0 Å². The van der Waals surface area contributed by atoms with Crippen molar-refractivity contribution in [2.75, 3.05) is 32.9 Å². The number of piperidine rings is 1. The van der Waals surface area contributed by atoms with Gasteiger partial charge in [-0.1, -0.05) is 0 Å². The molecule has 8 nitrogen and oxygen atoms in total. The molecular formula is C22H29N3O5. The normalized spacial score (nSPS) is 16.1. The molecule has 0 radical (unpaired) electrons. The number of hydrogen-bond acceptors (Lipinski definition) is 7. The van der Waals surface area contributed by atoms with E-state index >= 15 is 0 Å². The van der Waals surface area contributed by atoms with Crippen molar-refractivity contribution < 1.29 is 23.7 Å². The lowest BCUT2D eigenvalue weighted by molar-refractivity contribution is 0.0526. The predicted molar refractivity (Wildman–Crippen MR) is 112 cm³/mol. The molecule has 0 saturated carbocycles. The van der Waals surface area contributed by atoms with Crippen LogP contribution >= 0.6 is 0 Å². The Kier molecular flexibility index (Phi) is 7.70. The van der Waals surface area contributed by atoms with Crippen LogP contribution in [0.25, 0.3) is 0 Å². The molecule has 0 bridgehead atoms. The Balaban J connectivity index is 1.80. The Morgan fingerprint density at radius 2 is 1.80 bits per heavy atom. The highest BCUT2D eigenvalue weighted by Crippen LogP contribution is 2.39. The second-order valence-corrected chi connectivity index (χ2v) is 6.78. The fraction of sp³-hybridized carbons (Fsp3) is 0.500. The highest BCUT2D eigenvalue weighted by atomic mass is 16.5. The van der Waals surface area contributed by atoms with Gasteiger partial charge in [0, 0.05) is 24.4 Å². The lowest BCUT2D eigenvalue weighted by Gasteiger charge is -2.32. The molecule has 1 saturated heterocycles. The minimum absolute atomic E-state index is 0.0871. The third-order valence-corrected chi connectivity index (χ3v) is 4.66. The molecule has 1 aliphatic heterocycles. The van der Waals surface area contributed by atoms with E-state index in [1.54, 1.807) is 29.3 Å². The summed E-state index contributed by atoms with van der Waals surface area (Å²) in [6.45, 7) is 8.24. The molecule has 1 unspecified atom stereocenters. The van der Waals surface area contributed by atoms with Crippen LogP contribution in [0.2, 0.25) is 0 Å². The van der Waals surface area contributed by atoms with Crippen LogP contribution in [0.15, 0.2) is 30.7 Å². The molecule has 2 aromatic rings. The van der Waals surface area contributed by atoms with E-state index in [1.807, 2.05) is 20.8 Å². The van der Waals surface area contributed by atoms with Crippen molar-refractivity contribution >= 4 is 5.91 Å². The quantitative estimate of drug-likeness (QED) is 0.621. The second kappa shape index (κ2) is 10.7. The van der Waals surface area contributed by atoms with Gasteiger partial charge in [-0.15, -0.1) is 0 Å². The fourth-order valence-corrected chi connectivity index (χ4v) is 3.43. The summed E-state index contributed by atoms with van der Waals surface area (Å²) in [4.78, 5) is 23.1. The number of benzene rings is 1. The molecule has 0 aliphatic carbocycles. The Bertz CT molecular complexity index is 804. The van der Waals surface area contributed by atoms with Crippen molar-refractivity contribution in [3.8, 4) is 23.1 Å². The molecule has 1 atom stereocenters. The summed E-state index contributed by atoms with van der Waals surface area (Å²) in [5.41, 5.74) is 0.507. The first-order chi connectivity index (χ1) is 14.7. The average molecular weight is 415 g/mol. The molecule has 30 heavy (non-hydrogen) atoms. The Morgan fingerprint density at radius 3 is 2.40 bits per heavy atom. The predicted octanol–water partition coefficient (Wildman–Crippen LogP) is 3.36. The molecule has 162 valence electrons. The van der Waals surface area contributed by atoms with Crippen LogP contribution in [0, 0.1) is 0 Å². The van der Waals surface area contributed by atoms with Crippen LogP contribution in [-0.2, 0) is 0 Å². The van der Waals surface area contributed by atoms with Crippen molar-refractivity contribution in [3.63, 3.8) is 0 Å². The maximum atomic E-state index is 13.3. The summed E-state index contributed by atoms with van der Waals surface area (Å²) in [5.74, 6) is 1.99. The molecular weight excluding hydrogens is 386 g/mol. The van der Waals surface area contributed by atoms with Gasteiger partial charge < -0.3 is 23.8 Å². The monoisotopic (exact) mass is 415 g/mol. The van der Waals surface area contributed by atoms with Gasteiger partial charge in [-0.3, -0.25) is 4.79 Å². The number of carbonyl (C=O) groups is 1. The van der Waals surface area contributed by atoms with Crippen molar-refractivity contribution in [2.45, 2.75) is 39.7 Å². The molecule has 1 aromatic carbocycles. The molecule has 3 rings (SSSR count). The number of carbonyl (C=O) groups excluding carboxylic acids is 1. The van der Waals surface area contributed by atoms with Gasteiger partial charge in [-0.2, -0.15) is 0 Å². The zero-order valence-corrected chi connectivity index (χ0v) is 17.8. The van der Waals surface area contributed by atoms with Crippen LogP contribution in [0.5, 0.6) is 23.1 Å². The van der Waals surface area contributed by atoms with E-state index in [0.717, 1.165) is 12.8 Å². The lowest BCUT2D eigenvalue weighted by atomic mass is 10.1. The van der Waals surface area contributed by atoms with Gasteiger partial charge >= 0.3 is 0 Å². The molecule has 8 heteroatoms. The first-order valence-electron chi connectivity index (χ1n) is 10.4. The topological polar surface area (TPSA) is 83.0 Å². The zero-order chi connectivity index (χ0) is 21.3. The maximum absolute atomic E-state index is 13.3. The standard InChI is InChI=1S/C22H29N3O5/c1-4-27-18-12-16(13-19(28-5-2)21(18)29-6-3)22(26)25-11-7-8-17(14-25)30-20-9-10-23-15-24-20/h9-10,12-13,15,17H,4-8,11,14H2,1-3H3. The van der Waals surface area contributed by atoms with Crippen LogP contribution in [0.1, 0.15) is 44.0 Å². The average Bonchev–Trinajstić information content (AvgIpc) is 2.76. The number of ether oxygens (including phenoxy) is 4. The van der Waals surface area contributed by atoms with Crippen molar-refractivity contribution in [1.82, 2.24) is 14.9 Å². The van der Waals surface area contributed by atoms with Gasteiger partial charge in [-0.25, -0.2) is 9.97 Å². The molecule has 0 spiro atoms. The number of rotatable bonds is 9. The van der Waals surface area contributed by atoms with Crippen LogP contribution in [0.4, 0.5) is 0 Å². The molecule has 2 heterocycles. The smallest absolute Gasteiger partial charge is 0.254 e. The Labute approximate surface area is 177 Å². The van der Waals surface area contributed by atoms with Crippen LogP contribution < -0.4 is 18.9 Å². The van der Waals surface area contributed by atoms with Crippen molar-refractivity contribution in [3.05, 3.63) is 36.3 Å². The Morgan fingerprint density at radius 1 is 1.10 bits per heavy atom. The van der Waals surface area contributed by atoms with Gasteiger partial charge in [0.2, 0.25) is 11.6 Å². The van der Waals surface area contributed by atoms with Gasteiger partial charge in [0.05, 0.1) is 26.4 Å². The largest absolute Gasteiger partial charge is 0.490 e.